The molecule has 5 rings (SSSR count). The molecule has 1 saturated heterocycles. The molecule has 0 spiro atoms. The number of carboxylic acid groups (broad SMARTS) is 1. The number of carbonyl (C=O) groups excluding carboxylic acids is 2. The highest BCUT2D eigenvalue weighted by molar-refractivity contribution is 9.11. The van der Waals surface area contributed by atoms with Crippen LogP contribution in [0.1, 0.15) is 31.9 Å². The van der Waals surface area contributed by atoms with E-state index in [1.165, 1.54) is 0 Å². The highest BCUT2D eigenvalue weighted by atomic mass is 79.9. The van der Waals surface area contributed by atoms with Crippen molar-refractivity contribution in [1.29, 1.82) is 0 Å². The molecule has 3 aliphatic rings. The third-order valence-corrected chi connectivity index (χ3v) is 7.91. The Morgan fingerprint density at radius 3 is 1.77 bits per heavy atom. The summed E-state index contributed by atoms with van der Waals surface area (Å²) in [5.74, 6) is 0.249. The van der Waals surface area contributed by atoms with E-state index >= 15 is 0 Å². The van der Waals surface area contributed by atoms with Crippen molar-refractivity contribution in [2.24, 2.45) is 0 Å². The number of ether oxygens (including phenoxy) is 3. The molecular formula is C27H28Br2Cl2N2O7. The van der Waals surface area contributed by atoms with E-state index in [2.05, 4.69) is 31.9 Å². The van der Waals surface area contributed by atoms with Crippen molar-refractivity contribution in [3.05, 3.63) is 54.4 Å². The summed E-state index contributed by atoms with van der Waals surface area (Å²) in [5, 5.41) is 9.96. The SMILES string of the molecule is CC(C)(C)OC(=O)N1CCN(C(=O)C2Cc3cc(Cl)cc(Br)c3O2)CC1.O=C(O)C1Cc2cc(Cl)cc(Br)c2O1. The maximum Gasteiger partial charge on any atom is 0.410 e. The third-order valence-electron chi connectivity index (χ3n) is 6.30. The van der Waals surface area contributed by atoms with Gasteiger partial charge in [-0.3, -0.25) is 4.79 Å². The predicted octanol–water partition coefficient (Wildman–Crippen LogP) is 5.98. The number of piperazine rings is 1. The summed E-state index contributed by atoms with van der Waals surface area (Å²) in [6, 6.07) is 7.00. The van der Waals surface area contributed by atoms with E-state index in [1.54, 1.807) is 28.0 Å². The lowest BCUT2D eigenvalue weighted by atomic mass is 10.1. The number of carbonyl (C=O) groups is 3. The van der Waals surface area contributed by atoms with E-state index in [4.69, 9.17) is 42.5 Å². The molecule has 1 fully saturated rings. The molecule has 1 N–H and O–H groups in total. The molecule has 216 valence electrons. The Bertz CT molecular complexity index is 1330. The monoisotopic (exact) mass is 720 g/mol. The molecule has 0 radical (unpaired) electrons. The number of aliphatic carboxylic acids is 1. The molecule has 2 amide bonds. The standard InChI is InChI=1S/C18H22BrClN2O4.C9H6BrClO3/c1-18(2,3)26-17(24)22-6-4-21(5-7-22)16(23)14-9-11-8-12(20)10-13(19)15(11)25-14;10-6-3-5(11)1-4-2-7(9(12)13)14-8(4)6/h8,10,14H,4-7,9H2,1-3H3;1,3,7H,2H2,(H,12,13). The second-order valence-electron chi connectivity index (χ2n) is 10.5. The van der Waals surface area contributed by atoms with E-state index in [0.29, 0.717) is 65.0 Å². The first kappa shape index (κ1) is 30.7. The molecule has 2 aromatic carbocycles. The molecule has 3 heterocycles. The van der Waals surface area contributed by atoms with E-state index in [-0.39, 0.29) is 12.0 Å². The zero-order valence-electron chi connectivity index (χ0n) is 22.0. The van der Waals surface area contributed by atoms with Gasteiger partial charge >= 0.3 is 12.1 Å². The van der Waals surface area contributed by atoms with Gasteiger partial charge in [-0.2, -0.15) is 0 Å². The predicted molar refractivity (Wildman–Crippen MR) is 157 cm³/mol. The van der Waals surface area contributed by atoms with Crippen molar-refractivity contribution in [3.63, 3.8) is 0 Å². The van der Waals surface area contributed by atoms with E-state index in [9.17, 15) is 14.4 Å². The zero-order valence-corrected chi connectivity index (χ0v) is 26.7. The van der Waals surface area contributed by atoms with Crippen LogP contribution in [0, 0.1) is 0 Å². The van der Waals surface area contributed by atoms with Gasteiger partial charge in [0.25, 0.3) is 5.91 Å². The Hall–Kier alpha value is -2.21. The van der Waals surface area contributed by atoms with Gasteiger partial charge in [-0.1, -0.05) is 23.2 Å². The molecule has 13 heteroatoms. The Kier molecular flexibility index (Phi) is 9.49. The van der Waals surface area contributed by atoms with Crippen LogP contribution < -0.4 is 9.47 Å². The minimum absolute atomic E-state index is 0.0620. The molecule has 0 aliphatic carbocycles. The topological polar surface area (TPSA) is 106 Å². The van der Waals surface area contributed by atoms with Crippen LogP contribution in [0.2, 0.25) is 10.0 Å². The minimum atomic E-state index is -0.954. The number of hydrogen-bond donors (Lipinski definition) is 1. The van der Waals surface area contributed by atoms with Crippen molar-refractivity contribution in [3.8, 4) is 11.5 Å². The van der Waals surface area contributed by atoms with Crippen molar-refractivity contribution in [2.45, 2.75) is 51.4 Å². The lowest BCUT2D eigenvalue weighted by molar-refractivity contribution is -0.144. The number of amides is 2. The molecule has 0 bridgehead atoms. The molecule has 9 nitrogen and oxygen atoms in total. The summed E-state index contributed by atoms with van der Waals surface area (Å²) in [6.07, 6.45) is -0.816. The number of rotatable bonds is 2. The van der Waals surface area contributed by atoms with Crippen LogP contribution >= 0.6 is 55.1 Å². The van der Waals surface area contributed by atoms with Crippen LogP contribution in [0.25, 0.3) is 0 Å². The summed E-state index contributed by atoms with van der Waals surface area (Å²) in [5.41, 5.74) is 1.23. The molecule has 0 saturated carbocycles. The Morgan fingerprint density at radius 2 is 1.30 bits per heavy atom. The van der Waals surface area contributed by atoms with Crippen LogP contribution in [-0.4, -0.2) is 76.9 Å². The van der Waals surface area contributed by atoms with Crippen LogP contribution in [0.5, 0.6) is 11.5 Å². The highest BCUT2D eigenvalue weighted by Gasteiger charge is 2.36. The summed E-state index contributed by atoms with van der Waals surface area (Å²) >= 11 is 18.6. The summed E-state index contributed by atoms with van der Waals surface area (Å²) < 4.78 is 17.9. The molecule has 2 atom stereocenters. The van der Waals surface area contributed by atoms with Crippen LogP contribution in [0.4, 0.5) is 4.79 Å². The summed E-state index contributed by atoms with van der Waals surface area (Å²) in [7, 11) is 0. The number of hydrogen-bond acceptors (Lipinski definition) is 6. The molecular weight excluding hydrogens is 695 g/mol. The number of fused-ring (bicyclic) bond motifs is 2. The van der Waals surface area contributed by atoms with Gasteiger partial charge < -0.3 is 29.1 Å². The van der Waals surface area contributed by atoms with Gasteiger partial charge in [0.05, 0.1) is 8.95 Å². The molecule has 40 heavy (non-hydrogen) atoms. The van der Waals surface area contributed by atoms with Crippen molar-refractivity contribution in [2.75, 3.05) is 26.2 Å². The van der Waals surface area contributed by atoms with Gasteiger partial charge in [0.1, 0.15) is 17.1 Å². The van der Waals surface area contributed by atoms with E-state index in [0.717, 1.165) is 15.6 Å². The van der Waals surface area contributed by atoms with Gasteiger partial charge in [0.2, 0.25) is 0 Å². The molecule has 3 aliphatic heterocycles. The van der Waals surface area contributed by atoms with Gasteiger partial charge in [-0.15, -0.1) is 0 Å². The normalized spacial score (nSPS) is 19.5. The second-order valence-corrected chi connectivity index (χ2v) is 13.1. The summed E-state index contributed by atoms with van der Waals surface area (Å²) in [4.78, 5) is 39.0. The lowest BCUT2D eigenvalue weighted by Gasteiger charge is -2.36. The molecule has 0 aromatic heterocycles. The first-order valence-corrected chi connectivity index (χ1v) is 14.8. The number of carboxylic acids is 1. The smallest absolute Gasteiger partial charge is 0.410 e. The zero-order chi connectivity index (χ0) is 29.4. The first-order chi connectivity index (χ1) is 18.7. The van der Waals surface area contributed by atoms with Gasteiger partial charge in [-0.25, -0.2) is 9.59 Å². The number of benzene rings is 2. The van der Waals surface area contributed by atoms with Crippen molar-refractivity contribution >= 4 is 73.0 Å². The highest BCUT2D eigenvalue weighted by Crippen LogP contribution is 2.39. The van der Waals surface area contributed by atoms with Crippen LogP contribution in [0.3, 0.4) is 0 Å². The van der Waals surface area contributed by atoms with E-state index in [1.807, 2.05) is 26.8 Å². The fraction of sp³-hybridized carbons (Fsp3) is 0.444. The number of halogens is 4. The summed E-state index contributed by atoms with van der Waals surface area (Å²) in [6.45, 7) is 7.36. The van der Waals surface area contributed by atoms with Gasteiger partial charge in [0, 0.05) is 60.2 Å². The average molecular weight is 723 g/mol. The first-order valence-electron chi connectivity index (χ1n) is 12.5. The third kappa shape index (κ3) is 7.35. The van der Waals surface area contributed by atoms with Crippen LogP contribution in [-0.2, 0) is 27.2 Å². The lowest BCUT2D eigenvalue weighted by Crippen LogP contribution is -2.54. The minimum Gasteiger partial charge on any atom is -0.479 e. The fourth-order valence-corrected chi connectivity index (χ4v) is 6.41. The Labute approximate surface area is 258 Å². The van der Waals surface area contributed by atoms with Crippen molar-refractivity contribution < 1.29 is 33.7 Å². The largest absolute Gasteiger partial charge is 0.479 e. The molecule has 2 aromatic rings. The van der Waals surface area contributed by atoms with E-state index < -0.39 is 23.8 Å². The quantitative estimate of drug-likeness (QED) is 0.407. The average Bonchev–Trinajstić information content (AvgIpc) is 3.48. The second kappa shape index (κ2) is 12.3. The fourth-order valence-electron chi connectivity index (χ4n) is 4.48. The van der Waals surface area contributed by atoms with Gasteiger partial charge in [-0.05, 0) is 76.9 Å². The molecule has 2 unspecified atom stereocenters. The maximum atomic E-state index is 12.8. The Balaban J connectivity index is 0.000000222. The maximum absolute atomic E-state index is 12.8. The number of nitrogens with zero attached hydrogens (tertiary/aromatic N) is 2. The Morgan fingerprint density at radius 1 is 0.850 bits per heavy atom. The van der Waals surface area contributed by atoms with Crippen LogP contribution in [0.15, 0.2) is 33.2 Å². The van der Waals surface area contributed by atoms with Gasteiger partial charge in [0.15, 0.2) is 12.2 Å². The van der Waals surface area contributed by atoms with Crippen molar-refractivity contribution in [1.82, 2.24) is 9.80 Å².